The Kier molecular flexibility index (Phi) is 4.56. The van der Waals surface area contributed by atoms with E-state index in [1.54, 1.807) is 20.4 Å². The summed E-state index contributed by atoms with van der Waals surface area (Å²) in [5.74, 6) is 0.855. The molecule has 0 aliphatic rings. The maximum atomic E-state index is 5.42. The van der Waals surface area contributed by atoms with Crippen LogP contribution in [0.1, 0.15) is 25.5 Å². The van der Waals surface area contributed by atoms with E-state index in [0.717, 1.165) is 22.4 Å². The molecular weight excluding hydrogens is 300 g/mol. The molecular formula is C20H22N2O2. The second kappa shape index (κ2) is 6.79. The van der Waals surface area contributed by atoms with Crippen LogP contribution in [0.4, 0.5) is 0 Å². The molecule has 124 valence electrons. The van der Waals surface area contributed by atoms with E-state index < -0.39 is 0 Å². The van der Waals surface area contributed by atoms with Crippen molar-refractivity contribution in [2.75, 3.05) is 14.2 Å². The van der Waals surface area contributed by atoms with Crippen LogP contribution in [-0.2, 0) is 4.84 Å². The number of methoxy groups -OCH3 is 1. The van der Waals surface area contributed by atoms with Crippen LogP contribution in [0.3, 0.4) is 0 Å². The second-order valence-electron chi connectivity index (χ2n) is 5.93. The molecule has 0 saturated heterocycles. The molecule has 4 heteroatoms. The molecule has 0 aliphatic heterocycles. The summed E-state index contributed by atoms with van der Waals surface area (Å²) in [7, 11) is 3.24. The average Bonchev–Trinajstić information content (AvgIpc) is 2.99. The smallest absolute Gasteiger partial charge is 0.119 e. The van der Waals surface area contributed by atoms with Crippen molar-refractivity contribution in [1.82, 2.24) is 4.57 Å². The van der Waals surface area contributed by atoms with Gasteiger partial charge in [-0.1, -0.05) is 29.4 Å². The lowest BCUT2D eigenvalue weighted by atomic mass is 10.00. The fraction of sp³-hybridized carbons (Fsp3) is 0.250. The van der Waals surface area contributed by atoms with Gasteiger partial charge in [0.25, 0.3) is 0 Å². The maximum Gasteiger partial charge on any atom is 0.119 e. The van der Waals surface area contributed by atoms with Gasteiger partial charge in [-0.2, -0.15) is 0 Å². The summed E-state index contributed by atoms with van der Waals surface area (Å²) in [6.45, 7) is 4.37. The molecule has 1 aromatic heterocycles. The predicted octanol–water partition coefficient (Wildman–Crippen LogP) is 4.88. The largest absolute Gasteiger partial charge is 0.497 e. The van der Waals surface area contributed by atoms with E-state index in [4.69, 9.17) is 9.57 Å². The van der Waals surface area contributed by atoms with E-state index in [1.165, 1.54) is 10.9 Å². The summed E-state index contributed by atoms with van der Waals surface area (Å²) in [5, 5.41) is 5.10. The number of ether oxygens (including phenoxy) is 1. The van der Waals surface area contributed by atoms with E-state index in [9.17, 15) is 0 Å². The van der Waals surface area contributed by atoms with Gasteiger partial charge in [0.2, 0.25) is 0 Å². The van der Waals surface area contributed by atoms with Crippen molar-refractivity contribution in [2.45, 2.75) is 19.9 Å². The van der Waals surface area contributed by atoms with Gasteiger partial charge < -0.3 is 14.1 Å². The van der Waals surface area contributed by atoms with Gasteiger partial charge in [0.1, 0.15) is 12.9 Å². The standard InChI is InChI=1S/C20H22N2O2/c1-14(2)22-13-19(18-11-16(23-3)9-10-20(18)22)17-8-6-5-7-15(17)12-21-24-4/h5-14H,1-4H3/b21-12+. The van der Waals surface area contributed by atoms with Crippen LogP contribution in [0.5, 0.6) is 5.75 Å². The second-order valence-corrected chi connectivity index (χ2v) is 5.93. The molecule has 1 heterocycles. The van der Waals surface area contributed by atoms with Gasteiger partial charge in [-0.15, -0.1) is 0 Å². The first-order valence-corrected chi connectivity index (χ1v) is 8.00. The van der Waals surface area contributed by atoms with Crippen LogP contribution in [0.25, 0.3) is 22.0 Å². The minimum Gasteiger partial charge on any atom is -0.497 e. The van der Waals surface area contributed by atoms with Gasteiger partial charge in [0, 0.05) is 34.3 Å². The minimum absolute atomic E-state index is 0.370. The van der Waals surface area contributed by atoms with Crippen LogP contribution in [0.15, 0.2) is 53.8 Å². The zero-order chi connectivity index (χ0) is 17.1. The third kappa shape index (κ3) is 2.87. The molecule has 0 amide bonds. The van der Waals surface area contributed by atoms with E-state index in [2.05, 4.69) is 48.0 Å². The van der Waals surface area contributed by atoms with E-state index in [-0.39, 0.29) is 0 Å². The summed E-state index contributed by atoms with van der Waals surface area (Å²) >= 11 is 0. The fourth-order valence-electron chi connectivity index (χ4n) is 2.97. The number of benzene rings is 2. The molecule has 0 fully saturated rings. The molecule has 0 bridgehead atoms. The quantitative estimate of drug-likeness (QED) is 0.496. The highest BCUT2D eigenvalue weighted by molar-refractivity contribution is 6.01. The average molecular weight is 322 g/mol. The summed E-state index contributed by atoms with van der Waals surface area (Å²) in [6.07, 6.45) is 3.95. The molecule has 3 rings (SSSR count). The highest BCUT2D eigenvalue weighted by atomic mass is 16.6. The Hall–Kier alpha value is -2.75. The Morgan fingerprint density at radius 2 is 1.83 bits per heavy atom. The number of hydrogen-bond donors (Lipinski definition) is 0. The molecule has 24 heavy (non-hydrogen) atoms. The van der Waals surface area contributed by atoms with Crippen molar-refractivity contribution >= 4 is 17.1 Å². The van der Waals surface area contributed by atoms with Crippen molar-refractivity contribution in [3.63, 3.8) is 0 Å². The first-order valence-electron chi connectivity index (χ1n) is 8.00. The normalized spacial score (nSPS) is 11.5. The van der Waals surface area contributed by atoms with Gasteiger partial charge in [0.15, 0.2) is 0 Å². The molecule has 0 saturated carbocycles. The third-order valence-electron chi connectivity index (χ3n) is 4.14. The maximum absolute atomic E-state index is 5.42. The first-order chi connectivity index (χ1) is 11.7. The van der Waals surface area contributed by atoms with E-state index in [1.807, 2.05) is 24.3 Å². The highest BCUT2D eigenvalue weighted by Gasteiger charge is 2.15. The van der Waals surface area contributed by atoms with Gasteiger partial charge in [-0.3, -0.25) is 0 Å². The number of rotatable bonds is 5. The van der Waals surface area contributed by atoms with Crippen molar-refractivity contribution in [3.8, 4) is 16.9 Å². The van der Waals surface area contributed by atoms with Gasteiger partial charge >= 0.3 is 0 Å². The monoisotopic (exact) mass is 322 g/mol. The van der Waals surface area contributed by atoms with Crippen LogP contribution in [0.2, 0.25) is 0 Å². The van der Waals surface area contributed by atoms with Crippen molar-refractivity contribution < 1.29 is 9.57 Å². The van der Waals surface area contributed by atoms with E-state index in [0.29, 0.717) is 6.04 Å². The molecule has 0 radical (unpaired) electrons. The molecule has 3 aromatic rings. The molecule has 0 atom stereocenters. The summed E-state index contributed by atoms with van der Waals surface area (Å²) in [4.78, 5) is 4.85. The van der Waals surface area contributed by atoms with Crippen molar-refractivity contribution in [3.05, 3.63) is 54.2 Å². The molecule has 4 nitrogen and oxygen atoms in total. The third-order valence-corrected chi connectivity index (χ3v) is 4.14. The SMILES string of the molecule is CO/N=C/c1ccccc1-c1cn(C(C)C)c2ccc(OC)cc12. The summed E-state index contributed by atoms with van der Waals surface area (Å²) in [5.41, 5.74) is 4.50. The Labute approximate surface area is 142 Å². The number of fused-ring (bicyclic) bond motifs is 1. The van der Waals surface area contributed by atoms with Crippen LogP contribution in [0, 0.1) is 0 Å². The molecule has 0 N–H and O–H groups in total. The zero-order valence-corrected chi connectivity index (χ0v) is 14.5. The summed E-state index contributed by atoms with van der Waals surface area (Å²) < 4.78 is 7.71. The lowest BCUT2D eigenvalue weighted by Gasteiger charge is -2.09. The number of hydrogen-bond acceptors (Lipinski definition) is 3. The summed E-state index contributed by atoms with van der Waals surface area (Å²) in [6, 6.07) is 14.8. The van der Waals surface area contributed by atoms with Crippen LogP contribution >= 0.6 is 0 Å². The minimum atomic E-state index is 0.370. The highest BCUT2D eigenvalue weighted by Crippen LogP contribution is 2.36. The Morgan fingerprint density at radius 1 is 1.04 bits per heavy atom. The Morgan fingerprint density at radius 3 is 2.54 bits per heavy atom. The van der Waals surface area contributed by atoms with Gasteiger partial charge in [-0.25, -0.2) is 0 Å². The topological polar surface area (TPSA) is 35.8 Å². The molecule has 2 aromatic carbocycles. The Bertz CT molecular complexity index is 878. The number of nitrogens with zero attached hydrogens (tertiary/aromatic N) is 2. The fourth-order valence-corrected chi connectivity index (χ4v) is 2.97. The molecule has 0 aliphatic carbocycles. The number of oxime groups is 1. The first kappa shape index (κ1) is 16.1. The van der Waals surface area contributed by atoms with E-state index >= 15 is 0 Å². The van der Waals surface area contributed by atoms with Crippen LogP contribution < -0.4 is 4.74 Å². The zero-order valence-electron chi connectivity index (χ0n) is 14.5. The predicted molar refractivity (Wildman–Crippen MR) is 98.9 cm³/mol. The van der Waals surface area contributed by atoms with Crippen molar-refractivity contribution in [2.24, 2.45) is 5.16 Å². The molecule has 0 unspecified atom stereocenters. The Balaban J connectivity index is 2.28. The van der Waals surface area contributed by atoms with Gasteiger partial charge in [0.05, 0.1) is 13.3 Å². The lowest BCUT2D eigenvalue weighted by Crippen LogP contribution is -1.97. The number of aromatic nitrogens is 1. The molecule has 0 spiro atoms. The van der Waals surface area contributed by atoms with Gasteiger partial charge in [-0.05, 0) is 37.6 Å². The van der Waals surface area contributed by atoms with Crippen molar-refractivity contribution in [1.29, 1.82) is 0 Å². The lowest BCUT2D eigenvalue weighted by molar-refractivity contribution is 0.215. The van der Waals surface area contributed by atoms with Crippen LogP contribution in [-0.4, -0.2) is 25.0 Å².